The van der Waals surface area contributed by atoms with Crippen LogP contribution in [-0.4, -0.2) is 15.1 Å². The van der Waals surface area contributed by atoms with Crippen LogP contribution < -0.4 is 16.2 Å². The predicted octanol–water partition coefficient (Wildman–Crippen LogP) is 6.08. The summed E-state index contributed by atoms with van der Waals surface area (Å²) in [6.45, 7) is 15.9. The molecule has 198 valence electrons. The Kier molecular flexibility index (Phi) is 9.55. The van der Waals surface area contributed by atoms with Gasteiger partial charge in [0.05, 0.1) is 0 Å². The minimum absolute atomic E-state index is 0. The average Bonchev–Trinajstić information content (AvgIpc) is 3.38. The molecule has 1 aliphatic rings. The van der Waals surface area contributed by atoms with Crippen molar-refractivity contribution in [3.05, 3.63) is 105 Å². The molecule has 4 rings (SSSR count). The molecule has 0 unspecified atom stereocenters. The summed E-state index contributed by atoms with van der Waals surface area (Å²) in [4.78, 5) is 5.33. The second kappa shape index (κ2) is 11.2. The molecule has 37 heavy (non-hydrogen) atoms. The van der Waals surface area contributed by atoms with Gasteiger partial charge in [-0.1, -0.05) is 0 Å². The van der Waals surface area contributed by atoms with Crippen molar-refractivity contribution in [2.75, 3.05) is 0 Å². The van der Waals surface area contributed by atoms with E-state index >= 15 is 0 Å². The molecular formula is C32H42Cl2OSiTi. The number of hydrogen-bond acceptors (Lipinski definition) is 1. The van der Waals surface area contributed by atoms with Crippen LogP contribution >= 0.6 is 24.8 Å². The molecule has 0 aromatic heterocycles. The molecule has 0 amide bonds. The Hall–Kier alpha value is -1.68. The molecule has 0 spiro atoms. The number of hydrogen-bond donors (Lipinski definition) is 0. The Morgan fingerprint density at radius 2 is 1.24 bits per heavy atom. The van der Waals surface area contributed by atoms with Crippen molar-refractivity contribution >= 4 is 52.8 Å². The molecule has 0 bridgehead atoms. The number of rotatable bonds is 5. The SMILES string of the molecule is Cl.Cl.[CH2]=[Ti]([O]c1c(C)c(C)c(C)c([SiH3])c1C)([C]1=C(C(C)(C)C)C=CC1)([c]1ccccc1)[c]1ccccc1. The quantitative estimate of drug-likeness (QED) is 0.328. The summed E-state index contributed by atoms with van der Waals surface area (Å²) >= 11 is -4.59. The van der Waals surface area contributed by atoms with Crippen molar-refractivity contribution in [2.24, 2.45) is 5.41 Å². The van der Waals surface area contributed by atoms with Gasteiger partial charge in [-0.15, -0.1) is 24.8 Å². The Morgan fingerprint density at radius 3 is 1.70 bits per heavy atom. The maximum atomic E-state index is 7.75. The Labute approximate surface area is 240 Å². The van der Waals surface area contributed by atoms with Gasteiger partial charge in [-0.3, -0.25) is 0 Å². The molecule has 0 saturated carbocycles. The fourth-order valence-corrected chi connectivity index (χ4v) is 15.0. The third kappa shape index (κ3) is 5.04. The van der Waals surface area contributed by atoms with Crippen LogP contribution in [0.15, 0.2) is 82.3 Å². The van der Waals surface area contributed by atoms with E-state index in [1.54, 1.807) is 0 Å². The molecule has 0 fully saturated rings. The van der Waals surface area contributed by atoms with Crippen LogP contribution in [0.1, 0.15) is 49.4 Å². The number of allylic oxidation sites excluding steroid dienone is 4. The summed E-state index contributed by atoms with van der Waals surface area (Å²) in [6, 6.07) is 21.8. The van der Waals surface area contributed by atoms with Gasteiger partial charge in [0.25, 0.3) is 0 Å². The molecule has 1 aliphatic carbocycles. The monoisotopic (exact) mass is 588 g/mol. The predicted molar refractivity (Wildman–Crippen MR) is 170 cm³/mol. The molecule has 0 aliphatic heterocycles. The van der Waals surface area contributed by atoms with Crippen molar-refractivity contribution in [3.8, 4) is 5.75 Å². The van der Waals surface area contributed by atoms with Crippen LogP contribution in [0.2, 0.25) is 0 Å². The second-order valence-corrected chi connectivity index (χ2v) is 19.7. The summed E-state index contributed by atoms with van der Waals surface area (Å²) in [5.74, 6) is 1.05. The summed E-state index contributed by atoms with van der Waals surface area (Å²) in [5.41, 5.74) is 6.65. The number of halogens is 2. The van der Waals surface area contributed by atoms with Crippen molar-refractivity contribution in [1.82, 2.24) is 0 Å². The van der Waals surface area contributed by atoms with Crippen LogP contribution in [-0.2, 0) is 15.2 Å². The van der Waals surface area contributed by atoms with Gasteiger partial charge in [-0.2, -0.15) is 0 Å². The van der Waals surface area contributed by atoms with E-state index in [1.165, 1.54) is 44.6 Å². The summed E-state index contributed by atoms with van der Waals surface area (Å²) < 4.78 is 11.6. The average molecular weight is 590 g/mol. The molecule has 1 nitrogen and oxygen atoms in total. The molecule has 0 saturated heterocycles. The zero-order chi connectivity index (χ0) is 25.6. The maximum absolute atomic E-state index is 7.75. The molecule has 0 atom stereocenters. The fraction of sp³-hybridized carbons (Fsp3) is 0.281. The van der Waals surface area contributed by atoms with E-state index < -0.39 is 15.2 Å². The van der Waals surface area contributed by atoms with Crippen LogP contribution in [0.5, 0.6) is 5.75 Å². The fourth-order valence-electron chi connectivity index (χ4n) is 5.83. The van der Waals surface area contributed by atoms with E-state index in [-0.39, 0.29) is 30.2 Å². The van der Waals surface area contributed by atoms with Gasteiger partial charge in [0.1, 0.15) is 0 Å². The van der Waals surface area contributed by atoms with Crippen molar-refractivity contribution in [2.45, 2.75) is 54.9 Å². The van der Waals surface area contributed by atoms with Gasteiger partial charge in [-0.25, -0.2) is 0 Å². The van der Waals surface area contributed by atoms with Gasteiger partial charge in [0.2, 0.25) is 0 Å². The van der Waals surface area contributed by atoms with Crippen LogP contribution in [0.25, 0.3) is 0 Å². The van der Waals surface area contributed by atoms with Gasteiger partial charge in [0.15, 0.2) is 0 Å². The zero-order valence-electron chi connectivity index (χ0n) is 23.6. The summed E-state index contributed by atoms with van der Waals surface area (Å²) in [5, 5.41) is 1.44. The Balaban J connectivity index is 0.00000241. The van der Waals surface area contributed by atoms with Crippen LogP contribution in [0.3, 0.4) is 0 Å². The minimum atomic E-state index is -4.59. The van der Waals surface area contributed by atoms with Crippen molar-refractivity contribution < 1.29 is 18.5 Å². The summed E-state index contributed by atoms with van der Waals surface area (Å²) in [6.07, 6.45) is 5.53. The molecule has 5 heteroatoms. The molecule has 0 radical (unpaired) electrons. The van der Waals surface area contributed by atoms with E-state index in [9.17, 15) is 0 Å². The third-order valence-corrected chi connectivity index (χ3v) is 18.5. The topological polar surface area (TPSA) is 9.23 Å². The molecule has 3 aromatic carbocycles. The van der Waals surface area contributed by atoms with E-state index in [4.69, 9.17) is 8.14 Å². The molecule has 0 heterocycles. The first-order valence-corrected chi connectivity index (χ1v) is 17.8. The zero-order valence-corrected chi connectivity index (χ0v) is 28.8. The normalized spacial score (nSPS) is 13.8. The Bertz CT molecular complexity index is 1340. The first kappa shape index (κ1) is 31.5. The molecule has 0 N–H and O–H groups in total. The molecular weight excluding hydrogens is 547 g/mol. The second-order valence-electron chi connectivity index (χ2n) is 11.4. The van der Waals surface area contributed by atoms with Gasteiger partial charge < -0.3 is 0 Å². The van der Waals surface area contributed by atoms with E-state index in [1.807, 2.05) is 0 Å². The summed E-state index contributed by atoms with van der Waals surface area (Å²) in [7, 11) is 0.992. The first-order valence-electron chi connectivity index (χ1n) is 12.7. The molecule has 3 aromatic rings. The number of benzene rings is 3. The first-order chi connectivity index (χ1) is 16.4. The van der Waals surface area contributed by atoms with E-state index in [2.05, 4.69) is 121 Å². The third-order valence-electron chi connectivity index (χ3n) is 8.41. The Morgan fingerprint density at radius 1 is 0.757 bits per heavy atom. The van der Waals surface area contributed by atoms with E-state index in [0.717, 1.165) is 22.4 Å². The van der Waals surface area contributed by atoms with Gasteiger partial charge in [0, 0.05) is 0 Å². The van der Waals surface area contributed by atoms with Crippen LogP contribution in [0.4, 0.5) is 0 Å². The van der Waals surface area contributed by atoms with Gasteiger partial charge >= 0.3 is 217 Å². The van der Waals surface area contributed by atoms with E-state index in [0.29, 0.717) is 0 Å². The standard InChI is InChI=1S/C10H16OSi.C9H13.2C6H5.CH2.2ClH.Ti/c1-5-6(2)9(11)8(4)10(12)7(5)3;1-9(2,3)8-6-4-5-7-8;2*1-2-4-6-5-3-1;;;;/h11H,1-4,12H3;4,6H,5H2,1-3H3;2*1-5H;1H2;2*1H;/q;;;;;;;+1/p-1. The van der Waals surface area contributed by atoms with Crippen molar-refractivity contribution in [1.29, 1.82) is 0 Å². The van der Waals surface area contributed by atoms with Gasteiger partial charge in [-0.05, 0) is 0 Å². The van der Waals surface area contributed by atoms with Crippen molar-refractivity contribution in [3.63, 3.8) is 0 Å². The van der Waals surface area contributed by atoms with Crippen LogP contribution in [0, 0.1) is 33.1 Å².